The zero-order valence-electron chi connectivity index (χ0n) is 23.6. The van der Waals surface area contributed by atoms with Crippen molar-refractivity contribution in [3.8, 4) is 5.88 Å². The van der Waals surface area contributed by atoms with Crippen LogP contribution in [-0.4, -0.2) is 90.6 Å². The van der Waals surface area contributed by atoms with Gasteiger partial charge >= 0.3 is 13.6 Å². The van der Waals surface area contributed by atoms with Crippen LogP contribution in [0.5, 0.6) is 5.88 Å². The molecular formula is C23H28N10O9P2S2. The Morgan fingerprint density at radius 2 is 1.76 bits per heavy atom. The van der Waals surface area contributed by atoms with E-state index in [-0.39, 0.29) is 67.1 Å². The van der Waals surface area contributed by atoms with Crippen LogP contribution in [0, 0.1) is 11.8 Å². The van der Waals surface area contributed by atoms with Crippen LogP contribution in [0.4, 0.5) is 5.82 Å². The summed E-state index contributed by atoms with van der Waals surface area (Å²) in [5, 5.41) is 21.0. The number of nitrogens with zero attached hydrogens (tertiary/aromatic N) is 9. The smallest absolute Gasteiger partial charge is 0.386 e. The number of thiol groups is 2. The second-order valence-electron chi connectivity index (χ2n) is 10.9. The van der Waals surface area contributed by atoms with Gasteiger partial charge in [-0.05, 0) is 12.3 Å². The number of aliphatic hydroxyl groups is 1. The largest absolute Gasteiger partial charge is 0.492 e. The monoisotopic (exact) mass is 714 g/mol. The first-order chi connectivity index (χ1) is 21.9. The number of hydrogen-bond acceptors (Lipinski definition) is 15. The normalized spacial score (nSPS) is 27.7. The maximum atomic E-state index is 13.3. The molecule has 2 fully saturated rings. The summed E-state index contributed by atoms with van der Waals surface area (Å²) in [6.07, 6.45) is 5.58. The second-order valence-corrected chi connectivity index (χ2v) is 16.6. The van der Waals surface area contributed by atoms with E-state index in [1.165, 1.54) is 18.9 Å². The van der Waals surface area contributed by atoms with Crippen molar-refractivity contribution in [3.63, 3.8) is 0 Å². The number of rotatable bonds is 11. The quantitative estimate of drug-likeness (QED) is 0.0847. The zero-order chi connectivity index (χ0) is 32.4. The predicted octanol–water partition coefficient (Wildman–Crippen LogP) is 2.15. The van der Waals surface area contributed by atoms with Gasteiger partial charge in [0.05, 0.1) is 38.6 Å². The summed E-state index contributed by atoms with van der Waals surface area (Å²) in [7, 11) is 0. The summed E-state index contributed by atoms with van der Waals surface area (Å²) < 4.78 is 52.3. The third-order valence-electron chi connectivity index (χ3n) is 8.23. The van der Waals surface area contributed by atoms with E-state index >= 15 is 0 Å². The van der Waals surface area contributed by atoms with Crippen LogP contribution >= 0.6 is 38.1 Å². The van der Waals surface area contributed by atoms with Gasteiger partial charge in [-0.3, -0.25) is 13.5 Å². The second kappa shape index (κ2) is 12.0. The van der Waals surface area contributed by atoms with Crippen molar-refractivity contribution in [2.75, 3.05) is 25.6 Å². The lowest BCUT2D eigenvalue weighted by molar-refractivity contribution is -0.0418. The Labute approximate surface area is 269 Å². The lowest BCUT2D eigenvalue weighted by atomic mass is 9.70. The van der Waals surface area contributed by atoms with E-state index in [0.29, 0.717) is 23.2 Å². The van der Waals surface area contributed by atoms with Crippen LogP contribution in [0.15, 0.2) is 31.4 Å². The van der Waals surface area contributed by atoms with Gasteiger partial charge in [0.15, 0.2) is 22.6 Å². The van der Waals surface area contributed by atoms with Gasteiger partial charge in [-0.2, -0.15) is 4.98 Å². The molecule has 7 rings (SSSR count). The molecule has 6 heterocycles. The molecule has 19 nitrogen and oxygen atoms in total. The summed E-state index contributed by atoms with van der Waals surface area (Å²) in [6.45, 7) is -8.57. The molecule has 0 bridgehead atoms. The van der Waals surface area contributed by atoms with Crippen LogP contribution in [0.1, 0.15) is 25.1 Å². The van der Waals surface area contributed by atoms with Gasteiger partial charge in [0.2, 0.25) is 11.7 Å². The molecule has 0 spiro atoms. The Hall–Kier alpha value is -2.84. The number of aromatic nitrogens is 9. The highest BCUT2D eigenvalue weighted by Gasteiger charge is 2.45. The lowest BCUT2D eigenvalue weighted by Gasteiger charge is -2.45. The standard InChI is InChI=1S/C23H28N10O9P2S2/c24-19-17-20(27-8-26-19)32(9-28-17)13-3-11(5-39-43(36,37)45)12(13)6-40-44(38,46)41-7-15-14(34)4-16(42-15)33-10-29-18-21(35)30-23-25-1-2-31(23)22(18)33/h1-2,8-16,34H,3-7H2,(H,38,46)(H2,24,26,27)(H,25,30,35)(H2,36,37,45)/t11-,12-,13-,14+,15-,16-,44?/m1/s1. The zero-order valence-corrected chi connectivity index (χ0v) is 27.1. The van der Waals surface area contributed by atoms with Crippen LogP contribution in [0.25, 0.3) is 28.1 Å². The van der Waals surface area contributed by atoms with Gasteiger partial charge in [0, 0.05) is 30.8 Å². The van der Waals surface area contributed by atoms with Gasteiger partial charge in [-0.1, -0.05) is 24.5 Å². The highest BCUT2D eigenvalue weighted by Crippen LogP contribution is 2.57. The fourth-order valence-electron chi connectivity index (χ4n) is 5.92. The van der Waals surface area contributed by atoms with Crippen molar-refractivity contribution in [2.24, 2.45) is 11.8 Å². The topological polar surface area (TPSA) is 249 Å². The summed E-state index contributed by atoms with van der Waals surface area (Å²) in [5.41, 5.74) is 7.53. The molecule has 1 aliphatic carbocycles. The molecule has 0 radical (unpaired) electrons. The summed E-state index contributed by atoms with van der Waals surface area (Å²) in [5.74, 6) is -0.475. The van der Waals surface area contributed by atoms with Gasteiger partial charge in [0.1, 0.15) is 24.2 Å². The average molecular weight is 715 g/mol. The molecule has 5 N–H and O–H groups in total. The van der Waals surface area contributed by atoms with Crippen LogP contribution in [0.2, 0.25) is 0 Å². The maximum Gasteiger partial charge on any atom is 0.386 e. The fourth-order valence-corrected chi connectivity index (χ4v) is 7.67. The number of imidazole rings is 3. The first-order valence-electron chi connectivity index (χ1n) is 13.9. The molecule has 2 aliphatic rings. The number of ether oxygens (including phenoxy) is 1. The molecule has 1 aliphatic heterocycles. The molecule has 0 amide bonds. The molecule has 246 valence electrons. The van der Waals surface area contributed by atoms with Crippen LogP contribution in [0.3, 0.4) is 0 Å². The van der Waals surface area contributed by atoms with E-state index in [4.69, 9.17) is 24.0 Å². The fraction of sp³-hybridized carbons (Fsp3) is 0.478. The average Bonchev–Trinajstić information content (AvgIpc) is 3.77. The van der Waals surface area contributed by atoms with E-state index in [0.717, 1.165) is 0 Å². The molecule has 8 atom stereocenters. The van der Waals surface area contributed by atoms with Crippen molar-refractivity contribution in [1.82, 2.24) is 43.4 Å². The number of aliphatic hydroxyl groups excluding tert-OH is 1. The molecule has 5 aromatic heterocycles. The number of anilines is 1. The minimum absolute atomic E-state index is 0.102. The van der Waals surface area contributed by atoms with Gasteiger partial charge in [0.25, 0.3) is 0 Å². The lowest BCUT2D eigenvalue weighted by Crippen LogP contribution is -2.43. The highest BCUT2D eigenvalue weighted by atomic mass is 32.7. The van der Waals surface area contributed by atoms with Gasteiger partial charge in [-0.15, -0.1) is 0 Å². The van der Waals surface area contributed by atoms with E-state index in [1.807, 2.05) is 0 Å². The highest BCUT2D eigenvalue weighted by molar-refractivity contribution is 8.44. The third kappa shape index (κ3) is 6.00. The van der Waals surface area contributed by atoms with E-state index in [2.05, 4.69) is 54.4 Å². The van der Waals surface area contributed by atoms with Gasteiger partial charge in [-0.25, -0.2) is 34.0 Å². The van der Waals surface area contributed by atoms with Crippen LogP contribution in [-0.2, 0) is 27.4 Å². The third-order valence-corrected chi connectivity index (χ3v) is 10.7. The molecule has 0 aromatic carbocycles. The summed E-state index contributed by atoms with van der Waals surface area (Å²) in [6, 6.07) is -0.262. The Kier molecular flexibility index (Phi) is 8.28. The van der Waals surface area contributed by atoms with Crippen molar-refractivity contribution in [2.45, 2.75) is 37.3 Å². The number of fused-ring (bicyclic) bond motifs is 4. The molecular weight excluding hydrogens is 686 g/mol. The van der Waals surface area contributed by atoms with Crippen LogP contribution < -0.4 is 5.73 Å². The van der Waals surface area contributed by atoms with Crippen molar-refractivity contribution >= 4 is 72.0 Å². The molecule has 2 unspecified atom stereocenters. The maximum absolute atomic E-state index is 13.3. The SMILES string of the molecule is Nc1ncnc2c1ncn2[C@@H]1C[C@H](COP(=O)(O)S)[C@H]1COP(=O)(S)OC[C@H]1O[C@@H](n2cnc3c(O)nc4nccn4c32)C[C@@H]1O. The Bertz CT molecular complexity index is 2020. The Balaban J connectivity index is 1.02. The van der Waals surface area contributed by atoms with Crippen molar-refractivity contribution < 1.29 is 42.5 Å². The Morgan fingerprint density at radius 1 is 1.00 bits per heavy atom. The molecule has 5 aromatic rings. The number of aromatic hydroxyl groups is 1. The Morgan fingerprint density at radius 3 is 2.57 bits per heavy atom. The molecule has 23 heteroatoms. The predicted molar refractivity (Wildman–Crippen MR) is 166 cm³/mol. The minimum atomic E-state index is -4.04. The summed E-state index contributed by atoms with van der Waals surface area (Å²) >= 11 is 7.72. The van der Waals surface area contributed by atoms with E-state index < -0.39 is 32.0 Å². The first-order valence-corrected chi connectivity index (χ1v) is 19.3. The van der Waals surface area contributed by atoms with Crippen molar-refractivity contribution in [3.05, 3.63) is 31.4 Å². The van der Waals surface area contributed by atoms with E-state index in [1.54, 1.807) is 26.1 Å². The van der Waals surface area contributed by atoms with E-state index in [9.17, 15) is 24.2 Å². The van der Waals surface area contributed by atoms with Gasteiger partial charge < -0.3 is 39.2 Å². The molecule has 1 saturated carbocycles. The molecule has 1 saturated heterocycles. The van der Waals surface area contributed by atoms with Crippen molar-refractivity contribution in [1.29, 1.82) is 0 Å². The minimum Gasteiger partial charge on any atom is -0.492 e. The number of nitrogen functional groups attached to an aromatic ring is 1. The summed E-state index contributed by atoms with van der Waals surface area (Å²) in [4.78, 5) is 34.4. The molecule has 46 heavy (non-hydrogen) atoms. The number of hydrogen-bond donors (Lipinski definition) is 6. The number of nitrogens with two attached hydrogens (primary N) is 1. The first kappa shape index (κ1) is 31.7.